The highest BCUT2D eigenvalue weighted by molar-refractivity contribution is 7.09. The van der Waals surface area contributed by atoms with Crippen molar-refractivity contribution in [1.29, 1.82) is 0 Å². The third-order valence-corrected chi connectivity index (χ3v) is 2.79. The minimum Gasteiger partial charge on any atom is -0.378 e. The van der Waals surface area contributed by atoms with Crippen LogP contribution in [0.2, 0.25) is 0 Å². The van der Waals surface area contributed by atoms with Crippen molar-refractivity contribution in [2.45, 2.75) is 26.0 Å². The summed E-state index contributed by atoms with van der Waals surface area (Å²) >= 11 is 1.66. The highest BCUT2D eigenvalue weighted by atomic mass is 32.1. The zero-order valence-electron chi connectivity index (χ0n) is 8.33. The number of hydrogen-bond acceptors (Lipinski definition) is 4. The minimum atomic E-state index is 0.377. The van der Waals surface area contributed by atoms with E-state index in [-0.39, 0.29) is 0 Å². The molecule has 13 heavy (non-hydrogen) atoms. The number of hydrogen-bond donors (Lipinski definition) is 1. The molecule has 1 atom stereocenters. The molecule has 0 aliphatic carbocycles. The van der Waals surface area contributed by atoms with Gasteiger partial charge in [-0.2, -0.15) is 0 Å². The molecule has 1 aromatic heterocycles. The van der Waals surface area contributed by atoms with Crippen molar-refractivity contribution in [3.8, 4) is 0 Å². The summed E-state index contributed by atoms with van der Waals surface area (Å²) in [6, 6.07) is 0.377. The number of ether oxygens (including phenoxy) is 1. The lowest BCUT2D eigenvalue weighted by molar-refractivity contribution is 0.184. The molecule has 4 heteroatoms. The minimum absolute atomic E-state index is 0.377. The van der Waals surface area contributed by atoms with Crippen molar-refractivity contribution in [3.63, 3.8) is 0 Å². The van der Waals surface area contributed by atoms with Crippen LogP contribution < -0.4 is 5.32 Å². The molecule has 0 spiro atoms. The third kappa shape index (κ3) is 2.76. The fourth-order valence-corrected chi connectivity index (χ4v) is 2.05. The second kappa shape index (κ2) is 5.32. The van der Waals surface area contributed by atoms with Crippen LogP contribution in [0, 0.1) is 0 Å². The van der Waals surface area contributed by atoms with Crippen LogP contribution in [0.15, 0.2) is 5.38 Å². The van der Waals surface area contributed by atoms with E-state index in [1.54, 1.807) is 18.4 Å². The van der Waals surface area contributed by atoms with Crippen molar-refractivity contribution >= 4 is 11.3 Å². The molecule has 0 bridgehead atoms. The quantitative estimate of drug-likeness (QED) is 0.789. The Kier molecular flexibility index (Phi) is 4.35. The van der Waals surface area contributed by atoms with Crippen LogP contribution in [0.5, 0.6) is 0 Å². The first-order valence-electron chi connectivity index (χ1n) is 4.42. The van der Waals surface area contributed by atoms with Gasteiger partial charge in [-0.3, -0.25) is 0 Å². The SMILES string of the molecule is CCC(NC)c1csc(COC)n1. The number of aromatic nitrogens is 1. The maximum atomic E-state index is 5.02. The molecule has 74 valence electrons. The number of nitrogens with zero attached hydrogens (tertiary/aromatic N) is 1. The lowest BCUT2D eigenvalue weighted by atomic mass is 10.2. The van der Waals surface area contributed by atoms with Gasteiger partial charge in [-0.25, -0.2) is 4.98 Å². The molecule has 1 heterocycles. The predicted molar refractivity (Wildman–Crippen MR) is 54.9 cm³/mol. The van der Waals surface area contributed by atoms with Crippen LogP contribution in [0.1, 0.15) is 30.1 Å². The zero-order chi connectivity index (χ0) is 9.68. The van der Waals surface area contributed by atoms with Crippen LogP contribution in [-0.4, -0.2) is 19.1 Å². The lowest BCUT2D eigenvalue weighted by Gasteiger charge is -2.09. The summed E-state index contributed by atoms with van der Waals surface area (Å²) < 4.78 is 5.02. The van der Waals surface area contributed by atoms with E-state index in [1.807, 2.05) is 7.05 Å². The Morgan fingerprint density at radius 2 is 2.46 bits per heavy atom. The second-order valence-electron chi connectivity index (χ2n) is 2.85. The van der Waals surface area contributed by atoms with Gasteiger partial charge in [0.15, 0.2) is 0 Å². The molecule has 0 aliphatic heterocycles. The van der Waals surface area contributed by atoms with E-state index in [0.717, 1.165) is 17.1 Å². The van der Waals surface area contributed by atoms with Gasteiger partial charge < -0.3 is 10.1 Å². The molecule has 0 saturated heterocycles. The Balaban J connectivity index is 2.66. The largest absolute Gasteiger partial charge is 0.378 e. The molecule has 1 aromatic rings. The molecule has 1 rings (SSSR count). The van der Waals surface area contributed by atoms with Gasteiger partial charge in [-0.05, 0) is 13.5 Å². The fraction of sp³-hybridized carbons (Fsp3) is 0.667. The van der Waals surface area contributed by atoms with Crippen molar-refractivity contribution in [1.82, 2.24) is 10.3 Å². The van der Waals surface area contributed by atoms with Gasteiger partial charge in [0.1, 0.15) is 5.01 Å². The number of nitrogens with one attached hydrogen (secondary N) is 1. The summed E-state index contributed by atoms with van der Waals surface area (Å²) in [6.45, 7) is 2.77. The predicted octanol–water partition coefficient (Wildman–Crippen LogP) is 1.96. The average Bonchev–Trinajstić information content (AvgIpc) is 2.56. The summed E-state index contributed by atoms with van der Waals surface area (Å²) in [5, 5.41) is 6.37. The Morgan fingerprint density at radius 1 is 1.69 bits per heavy atom. The van der Waals surface area contributed by atoms with E-state index < -0.39 is 0 Å². The molecule has 0 amide bonds. The van der Waals surface area contributed by atoms with Crippen molar-refractivity contribution in [3.05, 3.63) is 16.1 Å². The molecule has 0 aliphatic rings. The molecule has 1 unspecified atom stereocenters. The Labute approximate surface area is 83.1 Å². The lowest BCUT2D eigenvalue weighted by Crippen LogP contribution is -2.15. The number of methoxy groups -OCH3 is 1. The first-order valence-corrected chi connectivity index (χ1v) is 5.30. The second-order valence-corrected chi connectivity index (χ2v) is 3.79. The molecule has 3 nitrogen and oxygen atoms in total. The monoisotopic (exact) mass is 200 g/mol. The van der Waals surface area contributed by atoms with Gasteiger partial charge in [-0.1, -0.05) is 6.92 Å². The van der Waals surface area contributed by atoms with Gasteiger partial charge in [0, 0.05) is 18.5 Å². The van der Waals surface area contributed by atoms with Gasteiger partial charge in [0.25, 0.3) is 0 Å². The van der Waals surface area contributed by atoms with E-state index in [0.29, 0.717) is 12.6 Å². The molecular weight excluding hydrogens is 184 g/mol. The molecule has 0 fully saturated rings. The first-order chi connectivity index (χ1) is 6.31. The van der Waals surface area contributed by atoms with Crippen molar-refractivity contribution in [2.24, 2.45) is 0 Å². The van der Waals surface area contributed by atoms with Crippen molar-refractivity contribution < 1.29 is 4.74 Å². The van der Waals surface area contributed by atoms with E-state index in [1.165, 1.54) is 0 Å². The van der Waals surface area contributed by atoms with E-state index in [2.05, 4.69) is 22.6 Å². The third-order valence-electron chi connectivity index (χ3n) is 1.95. The summed E-state index contributed by atoms with van der Waals surface area (Å²) in [7, 11) is 3.65. The Hall–Kier alpha value is -0.450. The highest BCUT2D eigenvalue weighted by Crippen LogP contribution is 2.19. The summed E-state index contributed by atoms with van der Waals surface area (Å²) in [6.07, 6.45) is 1.06. The molecule has 0 aromatic carbocycles. The molecule has 0 saturated carbocycles. The van der Waals surface area contributed by atoms with E-state index >= 15 is 0 Å². The normalized spacial score (nSPS) is 13.2. The molecule has 1 N–H and O–H groups in total. The maximum absolute atomic E-state index is 5.02. The number of rotatable bonds is 5. The van der Waals surface area contributed by atoms with Gasteiger partial charge >= 0.3 is 0 Å². The van der Waals surface area contributed by atoms with Gasteiger partial charge in [-0.15, -0.1) is 11.3 Å². The van der Waals surface area contributed by atoms with Crippen LogP contribution in [-0.2, 0) is 11.3 Å². The Bertz CT molecular complexity index is 246. The fourth-order valence-electron chi connectivity index (χ4n) is 1.24. The maximum Gasteiger partial charge on any atom is 0.119 e. The topological polar surface area (TPSA) is 34.1 Å². The molecule has 0 radical (unpaired) electrons. The van der Waals surface area contributed by atoms with Gasteiger partial charge in [0.05, 0.1) is 12.3 Å². The van der Waals surface area contributed by atoms with Crippen LogP contribution in [0.4, 0.5) is 0 Å². The Morgan fingerprint density at radius 3 is 3.00 bits per heavy atom. The molecular formula is C9H16N2OS. The first kappa shape index (κ1) is 10.6. The average molecular weight is 200 g/mol. The van der Waals surface area contributed by atoms with E-state index in [9.17, 15) is 0 Å². The van der Waals surface area contributed by atoms with Crippen molar-refractivity contribution in [2.75, 3.05) is 14.2 Å². The summed E-state index contributed by atoms with van der Waals surface area (Å²) in [5.74, 6) is 0. The highest BCUT2D eigenvalue weighted by Gasteiger charge is 2.10. The van der Waals surface area contributed by atoms with Crippen LogP contribution in [0.25, 0.3) is 0 Å². The standard InChI is InChI=1S/C9H16N2OS/c1-4-7(10-2)8-6-13-9(11-8)5-12-3/h6-7,10H,4-5H2,1-3H3. The number of thiazole rings is 1. The zero-order valence-corrected chi connectivity index (χ0v) is 9.15. The smallest absolute Gasteiger partial charge is 0.119 e. The van der Waals surface area contributed by atoms with Crippen LogP contribution >= 0.6 is 11.3 Å². The summed E-state index contributed by atoms with van der Waals surface area (Å²) in [5.41, 5.74) is 1.13. The van der Waals surface area contributed by atoms with Gasteiger partial charge in [0.2, 0.25) is 0 Å². The van der Waals surface area contributed by atoms with E-state index in [4.69, 9.17) is 4.74 Å². The summed E-state index contributed by atoms with van der Waals surface area (Å²) in [4.78, 5) is 4.47. The van der Waals surface area contributed by atoms with Crippen LogP contribution in [0.3, 0.4) is 0 Å².